The minimum Gasteiger partial charge on any atom is -0.333 e. The molecular formula is C20H31N5O. The van der Waals surface area contributed by atoms with Crippen LogP contribution in [0.5, 0.6) is 0 Å². The van der Waals surface area contributed by atoms with Crippen molar-refractivity contribution in [3.05, 3.63) is 23.0 Å². The molecule has 2 aromatic rings. The number of amides is 1. The summed E-state index contributed by atoms with van der Waals surface area (Å²) in [4.78, 5) is 20.3. The molecule has 0 saturated carbocycles. The van der Waals surface area contributed by atoms with Gasteiger partial charge in [-0.05, 0) is 46.6 Å². The summed E-state index contributed by atoms with van der Waals surface area (Å²) in [5.41, 5.74) is 3.16. The molecule has 1 unspecified atom stereocenters. The summed E-state index contributed by atoms with van der Waals surface area (Å²) in [6.45, 7) is 17.0. The molecule has 1 aliphatic heterocycles. The van der Waals surface area contributed by atoms with Gasteiger partial charge in [0.2, 0.25) is 0 Å². The molecule has 142 valence electrons. The number of hydrogen-bond donors (Lipinski definition) is 1. The van der Waals surface area contributed by atoms with Crippen molar-refractivity contribution < 1.29 is 4.79 Å². The van der Waals surface area contributed by atoms with Gasteiger partial charge in [0.15, 0.2) is 5.65 Å². The van der Waals surface area contributed by atoms with Gasteiger partial charge in [0.05, 0.1) is 22.2 Å². The predicted octanol–water partition coefficient (Wildman–Crippen LogP) is 3.05. The average Bonchev–Trinajstić information content (AvgIpc) is 2.91. The molecular weight excluding hydrogens is 326 g/mol. The largest absolute Gasteiger partial charge is 0.333 e. The van der Waals surface area contributed by atoms with E-state index in [0.717, 1.165) is 47.6 Å². The van der Waals surface area contributed by atoms with Crippen LogP contribution in [-0.2, 0) is 5.54 Å². The minimum atomic E-state index is -0.197. The normalized spacial score (nSPS) is 18.8. The summed E-state index contributed by atoms with van der Waals surface area (Å²) < 4.78 is 1.96. The maximum absolute atomic E-state index is 13.4. The minimum absolute atomic E-state index is 0.0878. The number of rotatable bonds is 2. The van der Waals surface area contributed by atoms with E-state index in [0.29, 0.717) is 0 Å². The van der Waals surface area contributed by atoms with Gasteiger partial charge in [0, 0.05) is 31.4 Å². The molecule has 0 radical (unpaired) electrons. The molecule has 2 aromatic heterocycles. The highest BCUT2D eigenvalue weighted by atomic mass is 16.2. The predicted molar refractivity (Wildman–Crippen MR) is 105 cm³/mol. The lowest BCUT2D eigenvalue weighted by atomic mass is 10.0. The average molecular weight is 358 g/mol. The Hall–Kier alpha value is -1.95. The summed E-state index contributed by atoms with van der Waals surface area (Å²) in [7, 11) is 0. The molecule has 1 saturated heterocycles. The first-order valence-electron chi connectivity index (χ1n) is 9.53. The van der Waals surface area contributed by atoms with Crippen molar-refractivity contribution in [3.8, 4) is 0 Å². The fourth-order valence-corrected chi connectivity index (χ4v) is 3.54. The second kappa shape index (κ2) is 6.65. The Labute approximate surface area is 156 Å². The summed E-state index contributed by atoms with van der Waals surface area (Å²) in [6.07, 6.45) is 0. The number of fused-ring (bicyclic) bond motifs is 1. The first-order chi connectivity index (χ1) is 12.1. The lowest BCUT2D eigenvalue weighted by Crippen LogP contribution is -2.52. The van der Waals surface area contributed by atoms with Crippen molar-refractivity contribution in [2.45, 2.75) is 66.0 Å². The zero-order valence-corrected chi connectivity index (χ0v) is 17.1. The molecule has 1 fully saturated rings. The van der Waals surface area contributed by atoms with Gasteiger partial charge in [-0.25, -0.2) is 9.67 Å². The van der Waals surface area contributed by atoms with Crippen LogP contribution in [0.25, 0.3) is 11.0 Å². The van der Waals surface area contributed by atoms with E-state index in [1.807, 2.05) is 22.6 Å². The van der Waals surface area contributed by atoms with E-state index < -0.39 is 0 Å². The van der Waals surface area contributed by atoms with E-state index in [4.69, 9.17) is 10.1 Å². The molecule has 3 rings (SSSR count). The summed E-state index contributed by atoms with van der Waals surface area (Å²) in [6, 6.07) is 2.16. The third-order valence-electron chi connectivity index (χ3n) is 5.05. The van der Waals surface area contributed by atoms with E-state index in [1.54, 1.807) is 0 Å². The van der Waals surface area contributed by atoms with Crippen molar-refractivity contribution >= 4 is 16.9 Å². The molecule has 6 nitrogen and oxygen atoms in total. The number of nitrogens with zero attached hydrogens (tertiary/aromatic N) is 4. The Balaban J connectivity index is 2.23. The van der Waals surface area contributed by atoms with E-state index >= 15 is 0 Å². The van der Waals surface area contributed by atoms with E-state index in [-0.39, 0.29) is 23.4 Å². The SMILES string of the molecule is Cc1nn(C(C)(C)C)c2nc(C(C)C)cc(C(=O)N3CCNCC3C)c12. The third-order valence-corrected chi connectivity index (χ3v) is 5.05. The molecule has 1 N–H and O–H groups in total. The maximum atomic E-state index is 13.4. The van der Waals surface area contributed by atoms with Gasteiger partial charge in [-0.1, -0.05) is 13.8 Å². The lowest BCUT2D eigenvalue weighted by molar-refractivity contribution is 0.0657. The number of aryl methyl sites for hydroxylation is 1. The Morgan fingerprint density at radius 2 is 2.04 bits per heavy atom. The number of piperazine rings is 1. The van der Waals surface area contributed by atoms with Gasteiger partial charge >= 0.3 is 0 Å². The molecule has 1 amide bonds. The molecule has 1 aliphatic rings. The molecule has 0 aromatic carbocycles. The molecule has 3 heterocycles. The van der Waals surface area contributed by atoms with Crippen molar-refractivity contribution in [1.82, 2.24) is 25.0 Å². The van der Waals surface area contributed by atoms with Crippen LogP contribution in [0, 0.1) is 6.92 Å². The fourth-order valence-electron chi connectivity index (χ4n) is 3.54. The molecule has 0 bridgehead atoms. The van der Waals surface area contributed by atoms with Crippen molar-refractivity contribution in [1.29, 1.82) is 0 Å². The summed E-state index contributed by atoms with van der Waals surface area (Å²) in [5.74, 6) is 0.333. The van der Waals surface area contributed by atoms with Crippen LogP contribution in [0.15, 0.2) is 6.07 Å². The topological polar surface area (TPSA) is 63.1 Å². The van der Waals surface area contributed by atoms with Crippen LogP contribution in [0.2, 0.25) is 0 Å². The third kappa shape index (κ3) is 3.22. The molecule has 1 atom stereocenters. The molecule has 0 aliphatic carbocycles. The zero-order valence-electron chi connectivity index (χ0n) is 17.1. The van der Waals surface area contributed by atoms with Gasteiger partial charge in [0.25, 0.3) is 5.91 Å². The standard InChI is InChI=1S/C20H31N5O/c1-12(2)16-10-15(19(26)24-9-8-21-11-13(24)3)17-14(4)23-25(18(17)22-16)20(5,6)7/h10,12-13,21H,8-9,11H2,1-7H3. The van der Waals surface area contributed by atoms with Crippen molar-refractivity contribution in [3.63, 3.8) is 0 Å². The first kappa shape index (κ1) is 18.8. The Morgan fingerprint density at radius 3 is 2.62 bits per heavy atom. The van der Waals surface area contributed by atoms with E-state index in [1.165, 1.54) is 0 Å². The van der Waals surface area contributed by atoms with E-state index in [9.17, 15) is 4.79 Å². The Morgan fingerprint density at radius 1 is 1.35 bits per heavy atom. The first-order valence-corrected chi connectivity index (χ1v) is 9.53. The summed E-state index contributed by atoms with van der Waals surface area (Å²) >= 11 is 0. The van der Waals surface area contributed by atoms with Crippen LogP contribution in [0.1, 0.15) is 69.2 Å². The van der Waals surface area contributed by atoms with Crippen LogP contribution in [0.4, 0.5) is 0 Å². The second-order valence-corrected chi connectivity index (χ2v) is 8.67. The van der Waals surface area contributed by atoms with Crippen LogP contribution >= 0.6 is 0 Å². The van der Waals surface area contributed by atoms with Gasteiger partial charge in [-0.15, -0.1) is 0 Å². The summed E-state index contributed by atoms with van der Waals surface area (Å²) in [5, 5.41) is 8.98. The van der Waals surface area contributed by atoms with Crippen LogP contribution in [-0.4, -0.2) is 51.2 Å². The molecule has 6 heteroatoms. The molecule has 0 spiro atoms. The zero-order chi connectivity index (χ0) is 19.2. The van der Waals surface area contributed by atoms with E-state index in [2.05, 4.69) is 46.9 Å². The quantitative estimate of drug-likeness (QED) is 0.897. The second-order valence-electron chi connectivity index (χ2n) is 8.67. The number of carbonyl (C=O) groups is 1. The lowest BCUT2D eigenvalue weighted by Gasteiger charge is -2.34. The van der Waals surface area contributed by atoms with Crippen molar-refractivity contribution in [2.24, 2.45) is 0 Å². The van der Waals surface area contributed by atoms with Crippen LogP contribution in [0.3, 0.4) is 0 Å². The fraction of sp³-hybridized carbons (Fsp3) is 0.650. The van der Waals surface area contributed by atoms with Gasteiger partial charge in [0.1, 0.15) is 0 Å². The smallest absolute Gasteiger partial charge is 0.255 e. The highest BCUT2D eigenvalue weighted by molar-refractivity contribution is 6.06. The number of carbonyl (C=O) groups excluding carboxylic acids is 1. The van der Waals surface area contributed by atoms with Gasteiger partial charge < -0.3 is 10.2 Å². The number of hydrogen-bond acceptors (Lipinski definition) is 4. The van der Waals surface area contributed by atoms with Gasteiger partial charge in [-0.2, -0.15) is 5.10 Å². The number of nitrogens with one attached hydrogen (secondary N) is 1. The molecule has 26 heavy (non-hydrogen) atoms. The van der Waals surface area contributed by atoms with Crippen LogP contribution < -0.4 is 5.32 Å². The monoisotopic (exact) mass is 357 g/mol. The maximum Gasteiger partial charge on any atom is 0.255 e. The number of pyridine rings is 1. The number of aromatic nitrogens is 3. The Bertz CT molecular complexity index is 831. The van der Waals surface area contributed by atoms with Gasteiger partial charge in [-0.3, -0.25) is 4.79 Å². The highest BCUT2D eigenvalue weighted by Crippen LogP contribution is 2.30. The highest BCUT2D eigenvalue weighted by Gasteiger charge is 2.29. The van der Waals surface area contributed by atoms with Crippen molar-refractivity contribution in [2.75, 3.05) is 19.6 Å². The Kier molecular flexibility index (Phi) is 4.82.